The summed E-state index contributed by atoms with van der Waals surface area (Å²) >= 11 is 0. The zero-order chi connectivity index (χ0) is 17.7. The van der Waals surface area contributed by atoms with Crippen LogP contribution in [0.2, 0.25) is 0 Å². The average Bonchev–Trinajstić information content (AvgIpc) is 3.03. The Hall–Kier alpha value is -1.93. The lowest BCUT2D eigenvalue weighted by molar-refractivity contribution is -0.141. The van der Waals surface area contributed by atoms with Crippen LogP contribution in [0.15, 0.2) is 29.2 Å². The number of benzene rings is 1. The van der Waals surface area contributed by atoms with Gasteiger partial charge in [0.25, 0.3) is 0 Å². The topological polar surface area (TPSA) is 113 Å². The van der Waals surface area contributed by atoms with Gasteiger partial charge in [0, 0.05) is 19.0 Å². The van der Waals surface area contributed by atoms with Gasteiger partial charge >= 0.3 is 5.97 Å². The SMILES string of the molecule is CCNS(=O)(=O)c1ccc(CNC(=O)[C@@H]2CC[C@H](C(=O)O)C2)cc1. The second-order valence-electron chi connectivity index (χ2n) is 5.91. The van der Waals surface area contributed by atoms with Crippen LogP contribution in [-0.4, -0.2) is 31.9 Å². The number of aliphatic carboxylic acids is 1. The highest BCUT2D eigenvalue weighted by Gasteiger charge is 2.33. The Labute approximate surface area is 141 Å². The summed E-state index contributed by atoms with van der Waals surface area (Å²) in [5.41, 5.74) is 0.784. The molecule has 2 rings (SSSR count). The van der Waals surface area contributed by atoms with Crippen molar-refractivity contribution in [3.05, 3.63) is 29.8 Å². The number of carboxylic acid groups (broad SMARTS) is 1. The number of sulfonamides is 1. The maximum Gasteiger partial charge on any atom is 0.306 e. The number of hydrogen-bond acceptors (Lipinski definition) is 4. The molecule has 1 amide bonds. The highest BCUT2D eigenvalue weighted by molar-refractivity contribution is 7.89. The number of carbonyl (C=O) groups is 2. The Morgan fingerprint density at radius 2 is 1.79 bits per heavy atom. The second kappa shape index (κ2) is 7.76. The smallest absolute Gasteiger partial charge is 0.306 e. The Bertz CT molecular complexity index is 700. The summed E-state index contributed by atoms with van der Waals surface area (Å²) in [5, 5.41) is 11.8. The quantitative estimate of drug-likeness (QED) is 0.679. The van der Waals surface area contributed by atoms with Gasteiger partial charge in [0.2, 0.25) is 15.9 Å². The van der Waals surface area contributed by atoms with E-state index in [1.54, 1.807) is 19.1 Å². The summed E-state index contributed by atoms with van der Waals surface area (Å²) < 4.78 is 26.1. The van der Waals surface area contributed by atoms with Gasteiger partial charge < -0.3 is 10.4 Å². The van der Waals surface area contributed by atoms with Crippen LogP contribution in [0.4, 0.5) is 0 Å². The van der Waals surface area contributed by atoms with Crippen LogP contribution < -0.4 is 10.0 Å². The first-order chi connectivity index (χ1) is 11.3. The van der Waals surface area contributed by atoms with Crippen molar-refractivity contribution in [2.24, 2.45) is 11.8 Å². The summed E-state index contributed by atoms with van der Waals surface area (Å²) in [5.74, 6) is -1.69. The van der Waals surface area contributed by atoms with Crippen molar-refractivity contribution in [3.63, 3.8) is 0 Å². The molecular formula is C16H22N2O5S. The monoisotopic (exact) mass is 354 g/mol. The average molecular weight is 354 g/mol. The van der Waals surface area contributed by atoms with Gasteiger partial charge in [-0.05, 0) is 37.0 Å². The van der Waals surface area contributed by atoms with Gasteiger partial charge in [0.05, 0.1) is 10.8 Å². The van der Waals surface area contributed by atoms with Gasteiger partial charge in [0.15, 0.2) is 0 Å². The molecule has 7 nitrogen and oxygen atoms in total. The summed E-state index contributed by atoms with van der Waals surface area (Å²) in [6.07, 6.45) is 1.49. The van der Waals surface area contributed by atoms with Crippen LogP contribution in [0.25, 0.3) is 0 Å². The molecule has 0 aromatic heterocycles. The maximum atomic E-state index is 12.1. The van der Waals surface area contributed by atoms with Crippen LogP contribution in [0, 0.1) is 11.8 Å². The molecule has 8 heteroatoms. The molecule has 0 spiro atoms. The second-order valence-corrected chi connectivity index (χ2v) is 7.68. The van der Waals surface area contributed by atoms with Gasteiger partial charge in [-0.15, -0.1) is 0 Å². The minimum absolute atomic E-state index is 0.150. The van der Waals surface area contributed by atoms with Crippen molar-refractivity contribution >= 4 is 21.9 Å². The molecule has 1 fully saturated rings. The zero-order valence-electron chi connectivity index (χ0n) is 13.5. The lowest BCUT2D eigenvalue weighted by atomic mass is 10.0. The normalized spacial score (nSPS) is 20.7. The Balaban J connectivity index is 1.89. The van der Waals surface area contributed by atoms with E-state index in [1.165, 1.54) is 12.1 Å². The molecule has 1 aromatic carbocycles. The summed E-state index contributed by atoms with van der Waals surface area (Å²) in [6, 6.07) is 6.30. The van der Waals surface area contributed by atoms with Crippen molar-refractivity contribution in [1.29, 1.82) is 0 Å². The molecule has 1 aliphatic rings. The first-order valence-electron chi connectivity index (χ1n) is 7.92. The predicted molar refractivity (Wildman–Crippen MR) is 87.6 cm³/mol. The molecule has 0 aliphatic heterocycles. The first-order valence-corrected chi connectivity index (χ1v) is 9.41. The third-order valence-electron chi connectivity index (χ3n) is 4.19. The van der Waals surface area contributed by atoms with E-state index in [4.69, 9.17) is 5.11 Å². The van der Waals surface area contributed by atoms with Crippen LogP contribution in [0.5, 0.6) is 0 Å². The van der Waals surface area contributed by atoms with Crippen molar-refractivity contribution in [2.45, 2.75) is 37.6 Å². The molecule has 0 bridgehead atoms. The standard InChI is InChI=1S/C16H22N2O5S/c1-2-18-24(22,23)14-7-3-11(4-8-14)10-17-15(19)12-5-6-13(9-12)16(20)21/h3-4,7-8,12-13,18H,2,5-6,9-10H2,1H3,(H,17,19)(H,20,21)/t12-,13+/m1/s1. The lowest BCUT2D eigenvalue weighted by Gasteiger charge is -2.11. The largest absolute Gasteiger partial charge is 0.481 e. The van der Waals surface area contributed by atoms with E-state index in [0.29, 0.717) is 25.8 Å². The fourth-order valence-corrected chi connectivity index (χ4v) is 3.88. The van der Waals surface area contributed by atoms with E-state index in [-0.39, 0.29) is 23.3 Å². The van der Waals surface area contributed by atoms with Gasteiger partial charge in [-0.3, -0.25) is 9.59 Å². The van der Waals surface area contributed by atoms with Crippen LogP contribution >= 0.6 is 0 Å². The maximum absolute atomic E-state index is 12.1. The Morgan fingerprint density at radius 3 is 2.33 bits per heavy atom. The Kier molecular flexibility index (Phi) is 5.95. The number of amides is 1. The summed E-state index contributed by atoms with van der Waals surface area (Å²) in [4.78, 5) is 23.2. The van der Waals surface area contributed by atoms with Crippen LogP contribution in [-0.2, 0) is 26.2 Å². The Morgan fingerprint density at radius 1 is 1.17 bits per heavy atom. The third-order valence-corrected chi connectivity index (χ3v) is 5.75. The fraction of sp³-hybridized carbons (Fsp3) is 0.500. The molecule has 2 atom stereocenters. The minimum Gasteiger partial charge on any atom is -0.481 e. The molecule has 0 heterocycles. The minimum atomic E-state index is -3.48. The van der Waals surface area contributed by atoms with Crippen molar-refractivity contribution in [3.8, 4) is 0 Å². The molecular weight excluding hydrogens is 332 g/mol. The van der Waals surface area contributed by atoms with Crippen molar-refractivity contribution in [2.75, 3.05) is 6.54 Å². The van der Waals surface area contributed by atoms with E-state index >= 15 is 0 Å². The molecule has 0 radical (unpaired) electrons. The number of hydrogen-bond donors (Lipinski definition) is 3. The van der Waals surface area contributed by atoms with E-state index in [1.807, 2.05) is 0 Å². The highest BCUT2D eigenvalue weighted by Crippen LogP contribution is 2.31. The molecule has 1 saturated carbocycles. The third kappa shape index (κ3) is 4.55. The van der Waals surface area contributed by atoms with Crippen molar-refractivity contribution in [1.82, 2.24) is 10.0 Å². The molecule has 1 aromatic rings. The molecule has 24 heavy (non-hydrogen) atoms. The van der Waals surface area contributed by atoms with Crippen LogP contribution in [0.1, 0.15) is 31.7 Å². The van der Waals surface area contributed by atoms with Gasteiger partial charge in [-0.25, -0.2) is 13.1 Å². The molecule has 0 saturated heterocycles. The number of carboxylic acids is 1. The number of rotatable bonds is 7. The van der Waals surface area contributed by atoms with Crippen LogP contribution in [0.3, 0.4) is 0 Å². The summed E-state index contributed by atoms with van der Waals surface area (Å²) in [7, 11) is -3.48. The van der Waals surface area contributed by atoms with E-state index in [9.17, 15) is 18.0 Å². The number of nitrogens with one attached hydrogen (secondary N) is 2. The van der Waals surface area contributed by atoms with Crippen molar-refractivity contribution < 1.29 is 23.1 Å². The molecule has 1 aliphatic carbocycles. The lowest BCUT2D eigenvalue weighted by Crippen LogP contribution is -2.29. The van der Waals surface area contributed by atoms with E-state index in [2.05, 4.69) is 10.0 Å². The van der Waals surface area contributed by atoms with E-state index < -0.39 is 21.9 Å². The molecule has 132 valence electrons. The first kappa shape index (κ1) is 18.4. The number of carbonyl (C=O) groups excluding carboxylic acids is 1. The molecule has 0 unspecified atom stereocenters. The fourth-order valence-electron chi connectivity index (χ4n) is 2.84. The zero-order valence-corrected chi connectivity index (χ0v) is 14.3. The van der Waals surface area contributed by atoms with Gasteiger partial charge in [-0.1, -0.05) is 19.1 Å². The summed E-state index contributed by atoms with van der Waals surface area (Å²) in [6.45, 7) is 2.31. The van der Waals surface area contributed by atoms with E-state index in [0.717, 1.165) is 5.56 Å². The van der Waals surface area contributed by atoms with Gasteiger partial charge in [-0.2, -0.15) is 0 Å². The predicted octanol–water partition coefficient (Wildman–Crippen LogP) is 1.10. The highest BCUT2D eigenvalue weighted by atomic mass is 32.2. The molecule has 3 N–H and O–H groups in total. The van der Waals surface area contributed by atoms with Gasteiger partial charge in [0.1, 0.15) is 0 Å².